The molecule has 1 aromatic carbocycles. The van der Waals surface area contributed by atoms with Gasteiger partial charge in [-0.05, 0) is 25.5 Å². The van der Waals surface area contributed by atoms with Gasteiger partial charge in [-0.1, -0.05) is 24.8 Å². The molecule has 130 valence electrons. The fourth-order valence-electron chi connectivity index (χ4n) is 2.37. The number of aldehydes is 1. The van der Waals surface area contributed by atoms with Gasteiger partial charge in [0.05, 0.1) is 19.3 Å². The highest BCUT2D eigenvalue weighted by atomic mass is 32.2. The van der Waals surface area contributed by atoms with E-state index >= 15 is 0 Å². The number of rotatable bonds is 10. The van der Waals surface area contributed by atoms with Gasteiger partial charge in [0.1, 0.15) is 5.82 Å². The van der Waals surface area contributed by atoms with Crippen molar-refractivity contribution in [1.29, 1.82) is 0 Å². The first-order valence-corrected chi connectivity index (χ1v) is 9.03. The highest BCUT2D eigenvalue weighted by molar-refractivity contribution is 7.99. The lowest BCUT2D eigenvalue weighted by Gasteiger charge is -2.12. The van der Waals surface area contributed by atoms with E-state index < -0.39 is 0 Å². The number of methoxy groups -OCH3 is 1. The monoisotopic (exact) mass is 349 g/mol. The number of benzene rings is 1. The van der Waals surface area contributed by atoms with Crippen molar-refractivity contribution in [3.05, 3.63) is 29.6 Å². The maximum atomic E-state index is 11.1. The summed E-state index contributed by atoms with van der Waals surface area (Å²) in [6.07, 6.45) is 2.76. The summed E-state index contributed by atoms with van der Waals surface area (Å²) in [5.41, 5.74) is 0.487. The number of hydrogen-bond acceptors (Lipinski definition) is 6. The van der Waals surface area contributed by atoms with Crippen molar-refractivity contribution in [2.24, 2.45) is 0 Å². The number of para-hydroxylation sites is 1. The second kappa shape index (κ2) is 9.32. The van der Waals surface area contributed by atoms with E-state index in [-0.39, 0.29) is 0 Å². The minimum absolute atomic E-state index is 0.450. The van der Waals surface area contributed by atoms with Gasteiger partial charge in [0.25, 0.3) is 0 Å². The van der Waals surface area contributed by atoms with E-state index in [4.69, 9.17) is 9.47 Å². The number of aromatic nitrogens is 3. The summed E-state index contributed by atoms with van der Waals surface area (Å²) in [5.74, 6) is 2.78. The van der Waals surface area contributed by atoms with Gasteiger partial charge in [0, 0.05) is 18.7 Å². The van der Waals surface area contributed by atoms with Crippen LogP contribution < -0.4 is 9.47 Å². The molecule has 0 N–H and O–H groups in total. The third kappa shape index (κ3) is 4.29. The normalized spacial score (nSPS) is 10.6. The van der Waals surface area contributed by atoms with Crippen LogP contribution in [0.4, 0.5) is 0 Å². The van der Waals surface area contributed by atoms with Gasteiger partial charge in [-0.2, -0.15) is 0 Å². The van der Waals surface area contributed by atoms with Crippen molar-refractivity contribution >= 4 is 18.0 Å². The molecule has 0 aliphatic carbocycles. The molecule has 0 radical (unpaired) electrons. The zero-order valence-corrected chi connectivity index (χ0v) is 15.1. The summed E-state index contributed by atoms with van der Waals surface area (Å²) in [7, 11) is 1.56. The number of carbonyl (C=O) groups excluding carboxylic acids is 1. The first-order chi connectivity index (χ1) is 11.7. The van der Waals surface area contributed by atoms with Crippen LogP contribution in [0.5, 0.6) is 11.5 Å². The van der Waals surface area contributed by atoms with Gasteiger partial charge in [0.2, 0.25) is 0 Å². The fourth-order valence-corrected chi connectivity index (χ4v) is 3.21. The molecule has 0 atom stereocenters. The lowest BCUT2D eigenvalue weighted by Crippen LogP contribution is -2.06. The van der Waals surface area contributed by atoms with Crippen LogP contribution in [0.1, 0.15) is 36.5 Å². The molecule has 0 aliphatic heterocycles. The highest BCUT2D eigenvalue weighted by Gasteiger charge is 2.12. The van der Waals surface area contributed by atoms with Crippen LogP contribution in [-0.2, 0) is 13.0 Å². The average Bonchev–Trinajstić information content (AvgIpc) is 3.00. The van der Waals surface area contributed by atoms with Crippen molar-refractivity contribution in [3.63, 3.8) is 0 Å². The van der Waals surface area contributed by atoms with E-state index in [0.29, 0.717) is 29.4 Å². The Hall–Kier alpha value is -2.02. The van der Waals surface area contributed by atoms with Crippen LogP contribution in [0, 0.1) is 0 Å². The molecule has 0 amide bonds. The van der Waals surface area contributed by atoms with Crippen molar-refractivity contribution in [1.82, 2.24) is 14.8 Å². The van der Waals surface area contributed by atoms with Crippen LogP contribution in [-0.4, -0.2) is 40.5 Å². The molecule has 2 rings (SSSR count). The maximum absolute atomic E-state index is 11.1. The Balaban J connectivity index is 1.95. The van der Waals surface area contributed by atoms with Crippen molar-refractivity contribution < 1.29 is 14.3 Å². The number of thioether (sulfide) groups is 1. The molecule has 0 bridgehead atoms. The van der Waals surface area contributed by atoms with Crippen LogP contribution in [0.3, 0.4) is 0 Å². The van der Waals surface area contributed by atoms with Gasteiger partial charge in [-0.3, -0.25) is 4.79 Å². The van der Waals surface area contributed by atoms with Crippen LogP contribution in [0.25, 0.3) is 0 Å². The molecule has 6 nitrogen and oxygen atoms in total. The molecule has 0 fully saturated rings. The molecule has 1 aromatic heterocycles. The van der Waals surface area contributed by atoms with E-state index in [1.807, 2.05) is 0 Å². The highest BCUT2D eigenvalue weighted by Crippen LogP contribution is 2.30. The van der Waals surface area contributed by atoms with E-state index in [0.717, 1.165) is 36.7 Å². The zero-order valence-electron chi connectivity index (χ0n) is 14.3. The van der Waals surface area contributed by atoms with Gasteiger partial charge >= 0.3 is 0 Å². The van der Waals surface area contributed by atoms with E-state index in [2.05, 4.69) is 28.6 Å². The quantitative estimate of drug-likeness (QED) is 0.373. The fraction of sp³-hybridized carbons (Fsp3) is 0.471. The van der Waals surface area contributed by atoms with E-state index in [1.165, 1.54) is 0 Å². The predicted octanol–water partition coefficient (Wildman–Crippen LogP) is 3.24. The van der Waals surface area contributed by atoms with E-state index in [1.54, 1.807) is 37.1 Å². The molecule has 0 spiro atoms. The summed E-state index contributed by atoms with van der Waals surface area (Å²) >= 11 is 1.60. The minimum Gasteiger partial charge on any atom is -0.493 e. The molecular formula is C17H23N3O3S. The van der Waals surface area contributed by atoms with Crippen LogP contribution in [0.2, 0.25) is 0 Å². The summed E-state index contributed by atoms with van der Waals surface area (Å²) in [5, 5.41) is 9.41. The Bertz CT molecular complexity index is 673. The smallest absolute Gasteiger partial charge is 0.191 e. The average molecular weight is 349 g/mol. The Morgan fingerprint density at radius 2 is 2.12 bits per heavy atom. The summed E-state index contributed by atoms with van der Waals surface area (Å²) in [4.78, 5) is 11.1. The second-order valence-electron chi connectivity index (χ2n) is 5.09. The molecule has 1 heterocycles. The standard InChI is InChI=1S/C17H23N3O3S/c1-4-7-15-18-19-17(20(15)5-2)24-11-10-23-16-13(12-21)8-6-9-14(16)22-3/h6,8-9,12H,4-5,7,10-11H2,1-3H3. The molecule has 2 aromatic rings. The maximum Gasteiger partial charge on any atom is 0.191 e. The Kier molecular flexibility index (Phi) is 7.11. The summed E-state index contributed by atoms with van der Waals surface area (Å²) < 4.78 is 13.2. The first-order valence-electron chi connectivity index (χ1n) is 8.04. The first kappa shape index (κ1) is 18.3. The topological polar surface area (TPSA) is 66.2 Å². The Morgan fingerprint density at radius 1 is 1.29 bits per heavy atom. The summed E-state index contributed by atoms with van der Waals surface area (Å²) in [6.45, 7) is 5.53. The number of ether oxygens (including phenoxy) is 2. The molecule has 24 heavy (non-hydrogen) atoms. The van der Waals surface area contributed by atoms with Gasteiger partial charge in [0.15, 0.2) is 22.9 Å². The van der Waals surface area contributed by atoms with Gasteiger partial charge in [-0.15, -0.1) is 10.2 Å². The predicted molar refractivity (Wildman–Crippen MR) is 94.3 cm³/mol. The SMILES string of the molecule is CCCc1nnc(SCCOc2c(C=O)cccc2OC)n1CC. The molecule has 0 saturated heterocycles. The summed E-state index contributed by atoms with van der Waals surface area (Å²) in [6, 6.07) is 5.26. The van der Waals surface area contributed by atoms with Crippen molar-refractivity contribution in [2.45, 2.75) is 38.4 Å². The van der Waals surface area contributed by atoms with Gasteiger partial charge in [-0.25, -0.2) is 0 Å². The number of carbonyl (C=O) groups is 1. The Morgan fingerprint density at radius 3 is 2.79 bits per heavy atom. The molecule has 0 aliphatic rings. The van der Waals surface area contributed by atoms with E-state index in [9.17, 15) is 4.79 Å². The molecule has 0 unspecified atom stereocenters. The lowest BCUT2D eigenvalue weighted by atomic mass is 10.2. The molecular weight excluding hydrogens is 326 g/mol. The minimum atomic E-state index is 0.450. The zero-order chi connectivity index (χ0) is 17.4. The van der Waals surface area contributed by atoms with Gasteiger partial charge < -0.3 is 14.0 Å². The van der Waals surface area contributed by atoms with Crippen molar-refractivity contribution in [3.8, 4) is 11.5 Å². The molecule has 7 heteroatoms. The number of hydrogen-bond donors (Lipinski definition) is 0. The third-order valence-electron chi connectivity index (χ3n) is 3.50. The van der Waals surface area contributed by atoms with Crippen LogP contribution in [0.15, 0.2) is 23.4 Å². The largest absolute Gasteiger partial charge is 0.493 e. The van der Waals surface area contributed by atoms with Crippen molar-refractivity contribution in [2.75, 3.05) is 19.5 Å². The van der Waals surface area contributed by atoms with Crippen LogP contribution >= 0.6 is 11.8 Å². The third-order valence-corrected chi connectivity index (χ3v) is 4.43. The lowest BCUT2D eigenvalue weighted by molar-refractivity contribution is 0.111. The Labute approximate surface area is 146 Å². The number of aryl methyl sites for hydroxylation is 1. The number of nitrogens with zero attached hydrogens (tertiary/aromatic N) is 3. The molecule has 0 saturated carbocycles. The second-order valence-corrected chi connectivity index (χ2v) is 6.15.